The highest BCUT2D eigenvalue weighted by Crippen LogP contribution is 2.34. The lowest BCUT2D eigenvalue weighted by Gasteiger charge is -2.28. The molecule has 2 amide bonds. The molecule has 8 nitrogen and oxygen atoms in total. The lowest BCUT2D eigenvalue weighted by molar-refractivity contribution is 0.0438. The molecule has 5 rings (SSSR count). The topological polar surface area (TPSA) is 78.9 Å². The van der Waals surface area contributed by atoms with Crippen molar-refractivity contribution < 1.29 is 14.3 Å². The number of rotatable bonds is 4. The molecule has 34 heavy (non-hydrogen) atoms. The van der Waals surface area contributed by atoms with Crippen molar-refractivity contribution in [2.24, 2.45) is 0 Å². The number of hydrogen-bond donors (Lipinski definition) is 0. The van der Waals surface area contributed by atoms with Crippen LogP contribution in [0.5, 0.6) is 0 Å². The number of amides is 2. The summed E-state index contributed by atoms with van der Waals surface area (Å²) in [7, 11) is 0. The number of carbonyl (C=O) groups excluding carboxylic acids is 2. The van der Waals surface area contributed by atoms with Crippen LogP contribution in [0.25, 0.3) is 0 Å². The van der Waals surface area contributed by atoms with Gasteiger partial charge in [0.1, 0.15) is 11.3 Å². The number of piperidine rings is 1. The van der Waals surface area contributed by atoms with E-state index in [1.807, 2.05) is 42.2 Å². The van der Waals surface area contributed by atoms with Crippen LogP contribution in [0.3, 0.4) is 0 Å². The van der Waals surface area contributed by atoms with E-state index in [4.69, 9.17) is 4.74 Å². The number of carbonyl (C=O) groups is 2. The highest BCUT2D eigenvalue weighted by molar-refractivity contribution is 5.92. The molecule has 0 saturated carbocycles. The minimum atomic E-state index is -0.526. The molecule has 180 valence electrons. The molecule has 8 heteroatoms. The molecule has 3 aliphatic rings. The van der Waals surface area contributed by atoms with Gasteiger partial charge in [-0.25, -0.2) is 14.8 Å². The lowest BCUT2D eigenvalue weighted by Crippen LogP contribution is -2.37. The number of likely N-dealkylation sites (tertiary alicyclic amines) is 1. The fraction of sp³-hybridized carbons (Fsp3) is 0.538. The van der Waals surface area contributed by atoms with Gasteiger partial charge in [-0.15, -0.1) is 0 Å². The van der Waals surface area contributed by atoms with E-state index in [2.05, 4.69) is 14.9 Å². The Morgan fingerprint density at radius 1 is 1.00 bits per heavy atom. The quantitative estimate of drug-likeness (QED) is 0.686. The van der Waals surface area contributed by atoms with Gasteiger partial charge in [0.05, 0.1) is 6.54 Å². The molecule has 1 aromatic heterocycles. The standard InChI is InChI=1S/C26H33N5O3/c1-20-17-22(28-24(27-20)30-13-6-3-7-14-30)23(32)29-15-8-11-26(12-16-29)19-31(25(33)34-26)18-21-9-4-2-5-10-21/h2,4-5,9-10,17H,3,6-8,11-16,18-19H2,1H3. The van der Waals surface area contributed by atoms with Crippen molar-refractivity contribution in [1.29, 1.82) is 0 Å². The van der Waals surface area contributed by atoms with E-state index in [0.29, 0.717) is 44.2 Å². The van der Waals surface area contributed by atoms with Gasteiger partial charge in [-0.2, -0.15) is 0 Å². The predicted octanol–water partition coefficient (Wildman–Crippen LogP) is 3.79. The second-order valence-electron chi connectivity index (χ2n) is 9.78. The molecule has 1 atom stereocenters. The average molecular weight is 464 g/mol. The summed E-state index contributed by atoms with van der Waals surface area (Å²) in [5.74, 6) is 0.599. The van der Waals surface area contributed by atoms with Gasteiger partial charge >= 0.3 is 6.09 Å². The summed E-state index contributed by atoms with van der Waals surface area (Å²) in [6.45, 7) is 6.09. The van der Waals surface area contributed by atoms with Gasteiger partial charge < -0.3 is 14.5 Å². The Bertz CT molecular complexity index is 1040. The van der Waals surface area contributed by atoms with Crippen molar-refractivity contribution in [3.8, 4) is 0 Å². The maximum atomic E-state index is 13.4. The maximum Gasteiger partial charge on any atom is 0.410 e. The Kier molecular flexibility index (Phi) is 6.39. The SMILES string of the molecule is Cc1cc(C(=O)N2CCCC3(CC2)CN(Cc2ccccc2)C(=O)O3)nc(N2CCCCC2)n1. The zero-order valence-electron chi connectivity index (χ0n) is 19.9. The number of ether oxygens (including phenoxy) is 1. The van der Waals surface area contributed by atoms with Gasteiger partial charge in [-0.3, -0.25) is 9.69 Å². The first-order valence-corrected chi connectivity index (χ1v) is 12.4. The van der Waals surface area contributed by atoms with E-state index in [0.717, 1.165) is 50.0 Å². The van der Waals surface area contributed by atoms with Crippen LogP contribution in [0.15, 0.2) is 36.4 Å². The molecule has 4 heterocycles. The number of hydrogen-bond acceptors (Lipinski definition) is 6. The number of aromatic nitrogens is 2. The van der Waals surface area contributed by atoms with E-state index in [1.54, 1.807) is 11.0 Å². The molecule has 0 aliphatic carbocycles. The van der Waals surface area contributed by atoms with Crippen LogP contribution in [0.2, 0.25) is 0 Å². The highest BCUT2D eigenvalue weighted by Gasteiger charge is 2.46. The molecule has 1 aromatic carbocycles. The fourth-order valence-electron chi connectivity index (χ4n) is 5.31. The zero-order chi connectivity index (χ0) is 23.5. The van der Waals surface area contributed by atoms with E-state index in [9.17, 15) is 9.59 Å². The summed E-state index contributed by atoms with van der Waals surface area (Å²) in [6.07, 6.45) is 5.43. The van der Waals surface area contributed by atoms with Crippen molar-refractivity contribution in [2.45, 2.75) is 57.6 Å². The second kappa shape index (κ2) is 9.60. The number of aryl methyl sites for hydroxylation is 1. The third kappa shape index (κ3) is 4.86. The fourth-order valence-corrected chi connectivity index (χ4v) is 5.31. The van der Waals surface area contributed by atoms with Gasteiger partial charge in [0.25, 0.3) is 5.91 Å². The van der Waals surface area contributed by atoms with Gasteiger partial charge in [0.15, 0.2) is 0 Å². The molecule has 0 bridgehead atoms. The Hall–Kier alpha value is -3.16. The third-order valence-electron chi connectivity index (χ3n) is 7.14. The first kappa shape index (κ1) is 22.6. The molecule has 1 spiro atoms. The molecular formula is C26H33N5O3. The van der Waals surface area contributed by atoms with Crippen molar-refractivity contribution in [1.82, 2.24) is 19.8 Å². The first-order chi connectivity index (χ1) is 16.5. The zero-order valence-corrected chi connectivity index (χ0v) is 19.9. The van der Waals surface area contributed by atoms with Crippen molar-refractivity contribution in [2.75, 3.05) is 37.6 Å². The van der Waals surface area contributed by atoms with Gasteiger partial charge in [-0.05, 0) is 50.7 Å². The van der Waals surface area contributed by atoms with Crippen LogP contribution in [0.1, 0.15) is 60.3 Å². The minimum absolute atomic E-state index is 0.0636. The Morgan fingerprint density at radius 2 is 1.79 bits per heavy atom. The van der Waals surface area contributed by atoms with Crippen LogP contribution in [-0.4, -0.2) is 70.1 Å². The molecule has 3 fully saturated rings. The molecule has 3 saturated heterocycles. The van der Waals surface area contributed by atoms with Crippen LogP contribution in [-0.2, 0) is 11.3 Å². The summed E-state index contributed by atoms with van der Waals surface area (Å²) in [5.41, 5.74) is 1.83. The smallest absolute Gasteiger partial charge is 0.410 e. The lowest BCUT2D eigenvalue weighted by atomic mass is 9.95. The third-order valence-corrected chi connectivity index (χ3v) is 7.14. The summed E-state index contributed by atoms with van der Waals surface area (Å²) in [5, 5.41) is 0. The van der Waals surface area contributed by atoms with Crippen LogP contribution >= 0.6 is 0 Å². The molecule has 2 aromatic rings. The largest absolute Gasteiger partial charge is 0.441 e. The van der Waals surface area contributed by atoms with Crippen LogP contribution in [0.4, 0.5) is 10.7 Å². The normalized spacial score (nSPS) is 23.2. The van der Waals surface area contributed by atoms with Crippen LogP contribution in [0, 0.1) is 6.92 Å². The summed E-state index contributed by atoms with van der Waals surface area (Å²) in [4.78, 5) is 41.1. The van der Waals surface area contributed by atoms with Crippen molar-refractivity contribution >= 4 is 17.9 Å². The molecule has 0 N–H and O–H groups in total. The molecule has 0 radical (unpaired) electrons. The Morgan fingerprint density at radius 3 is 2.59 bits per heavy atom. The van der Waals surface area contributed by atoms with Gasteiger partial charge in [-0.1, -0.05) is 30.3 Å². The monoisotopic (exact) mass is 463 g/mol. The minimum Gasteiger partial charge on any atom is -0.441 e. The Labute approximate surface area is 200 Å². The van der Waals surface area contributed by atoms with Gasteiger partial charge in [0, 0.05) is 44.8 Å². The van der Waals surface area contributed by atoms with E-state index >= 15 is 0 Å². The number of anilines is 1. The second-order valence-corrected chi connectivity index (χ2v) is 9.78. The molecular weight excluding hydrogens is 430 g/mol. The number of nitrogens with zero attached hydrogens (tertiary/aromatic N) is 5. The van der Waals surface area contributed by atoms with Crippen molar-refractivity contribution in [3.05, 3.63) is 53.3 Å². The highest BCUT2D eigenvalue weighted by atomic mass is 16.6. The summed E-state index contributed by atoms with van der Waals surface area (Å²) >= 11 is 0. The molecule has 3 aliphatic heterocycles. The van der Waals surface area contributed by atoms with Gasteiger partial charge in [0.2, 0.25) is 5.95 Å². The average Bonchev–Trinajstić information content (AvgIpc) is 3.02. The first-order valence-electron chi connectivity index (χ1n) is 12.4. The molecule has 1 unspecified atom stereocenters. The maximum absolute atomic E-state index is 13.4. The summed E-state index contributed by atoms with van der Waals surface area (Å²) < 4.78 is 5.92. The van der Waals surface area contributed by atoms with Crippen LogP contribution < -0.4 is 4.90 Å². The van der Waals surface area contributed by atoms with E-state index < -0.39 is 5.60 Å². The van der Waals surface area contributed by atoms with E-state index in [1.165, 1.54) is 6.42 Å². The van der Waals surface area contributed by atoms with E-state index in [-0.39, 0.29) is 12.0 Å². The Balaban J connectivity index is 1.25. The number of benzene rings is 1. The van der Waals surface area contributed by atoms with Crippen molar-refractivity contribution in [3.63, 3.8) is 0 Å². The predicted molar refractivity (Wildman–Crippen MR) is 129 cm³/mol. The summed E-state index contributed by atoms with van der Waals surface area (Å²) in [6, 6.07) is 11.8.